The summed E-state index contributed by atoms with van der Waals surface area (Å²) in [4.78, 5) is 2.39. The van der Waals surface area contributed by atoms with Gasteiger partial charge in [0, 0.05) is 19.7 Å². The van der Waals surface area contributed by atoms with Gasteiger partial charge in [-0.15, -0.1) is 0 Å². The zero-order valence-corrected chi connectivity index (χ0v) is 9.96. The third kappa shape index (κ3) is 4.43. The number of hydrogen-bond acceptors (Lipinski definition) is 2. The molecule has 0 aromatic heterocycles. The Labute approximate surface area is 88.6 Å². The zero-order chi connectivity index (χ0) is 10.4. The van der Waals surface area contributed by atoms with Crippen LogP contribution in [-0.2, 0) is 4.74 Å². The second-order valence-electron chi connectivity index (χ2n) is 4.28. The first-order chi connectivity index (χ1) is 6.84. The fourth-order valence-corrected chi connectivity index (χ4v) is 1.71. The molecular formula is C12H25NO. The van der Waals surface area contributed by atoms with Crippen LogP contribution in [0.15, 0.2) is 0 Å². The van der Waals surface area contributed by atoms with Crippen molar-refractivity contribution in [3.8, 4) is 0 Å². The molecule has 1 aliphatic heterocycles. The van der Waals surface area contributed by atoms with Crippen LogP contribution < -0.4 is 0 Å². The molecular weight excluding hydrogens is 174 g/mol. The summed E-state index contributed by atoms with van der Waals surface area (Å²) in [6, 6.07) is 0. The summed E-state index contributed by atoms with van der Waals surface area (Å²) in [5, 5.41) is 0. The van der Waals surface area contributed by atoms with Crippen molar-refractivity contribution in [3.63, 3.8) is 0 Å². The van der Waals surface area contributed by atoms with E-state index in [2.05, 4.69) is 11.9 Å². The Kier molecular flexibility index (Phi) is 5.49. The Balaban J connectivity index is 0.000000461. The summed E-state index contributed by atoms with van der Waals surface area (Å²) in [6.45, 7) is 7.47. The van der Waals surface area contributed by atoms with E-state index >= 15 is 0 Å². The lowest BCUT2D eigenvalue weighted by molar-refractivity contribution is 0.00719. The third-order valence-electron chi connectivity index (χ3n) is 2.93. The lowest BCUT2D eigenvalue weighted by atomic mass is 10.1. The lowest BCUT2D eigenvalue weighted by Crippen LogP contribution is -2.34. The highest BCUT2D eigenvalue weighted by Crippen LogP contribution is 2.29. The number of rotatable bonds is 3. The van der Waals surface area contributed by atoms with Gasteiger partial charge in [0.15, 0.2) is 0 Å². The van der Waals surface area contributed by atoms with Crippen LogP contribution in [0.25, 0.3) is 0 Å². The molecule has 1 saturated heterocycles. The minimum atomic E-state index is 0.571. The van der Waals surface area contributed by atoms with Crippen LogP contribution in [0, 0.1) is 5.92 Å². The number of piperidine rings is 1. The van der Waals surface area contributed by atoms with Crippen molar-refractivity contribution in [1.29, 1.82) is 0 Å². The van der Waals surface area contributed by atoms with Gasteiger partial charge in [0.05, 0.1) is 6.10 Å². The van der Waals surface area contributed by atoms with Gasteiger partial charge in [0.1, 0.15) is 0 Å². The quantitative estimate of drug-likeness (QED) is 0.692. The highest BCUT2D eigenvalue weighted by Gasteiger charge is 2.24. The van der Waals surface area contributed by atoms with Gasteiger partial charge in [0.25, 0.3) is 0 Å². The van der Waals surface area contributed by atoms with Gasteiger partial charge in [-0.1, -0.05) is 13.8 Å². The van der Waals surface area contributed by atoms with Crippen LogP contribution in [0.1, 0.15) is 39.5 Å². The molecule has 84 valence electrons. The van der Waals surface area contributed by atoms with Crippen molar-refractivity contribution >= 4 is 0 Å². The minimum Gasteiger partial charge on any atom is -0.378 e. The molecule has 2 aliphatic rings. The molecule has 1 aliphatic carbocycles. The zero-order valence-electron chi connectivity index (χ0n) is 9.96. The predicted molar refractivity (Wildman–Crippen MR) is 60.5 cm³/mol. The highest BCUT2D eigenvalue weighted by atomic mass is 16.5. The molecule has 0 spiro atoms. The third-order valence-corrected chi connectivity index (χ3v) is 2.93. The number of nitrogens with zero attached hydrogens (tertiary/aromatic N) is 1. The summed E-state index contributed by atoms with van der Waals surface area (Å²) in [5.74, 6) is 0.921. The van der Waals surface area contributed by atoms with Gasteiger partial charge >= 0.3 is 0 Å². The van der Waals surface area contributed by atoms with Crippen LogP contribution in [0.4, 0.5) is 0 Å². The van der Waals surface area contributed by atoms with Gasteiger partial charge in [-0.3, -0.25) is 0 Å². The average Bonchev–Trinajstić information content (AvgIpc) is 3.04. The first-order valence-corrected chi connectivity index (χ1v) is 6.15. The molecule has 0 aromatic carbocycles. The smallest absolute Gasteiger partial charge is 0.0599 e. The Bertz CT molecular complexity index is 137. The van der Waals surface area contributed by atoms with Crippen molar-refractivity contribution < 1.29 is 4.74 Å². The molecule has 1 heterocycles. The Hall–Kier alpha value is -0.0800. The fraction of sp³-hybridized carbons (Fsp3) is 1.00. The van der Waals surface area contributed by atoms with E-state index in [0.29, 0.717) is 6.10 Å². The van der Waals surface area contributed by atoms with E-state index < -0.39 is 0 Å². The van der Waals surface area contributed by atoms with Gasteiger partial charge < -0.3 is 9.64 Å². The van der Waals surface area contributed by atoms with E-state index in [9.17, 15) is 0 Å². The monoisotopic (exact) mass is 199 g/mol. The number of ether oxygens (including phenoxy) is 1. The molecule has 14 heavy (non-hydrogen) atoms. The van der Waals surface area contributed by atoms with E-state index in [1.54, 1.807) is 0 Å². The molecule has 1 saturated carbocycles. The molecule has 2 fully saturated rings. The van der Waals surface area contributed by atoms with E-state index in [0.717, 1.165) is 12.5 Å². The first-order valence-electron chi connectivity index (χ1n) is 6.15. The van der Waals surface area contributed by atoms with Crippen molar-refractivity contribution in [2.75, 3.05) is 26.7 Å². The van der Waals surface area contributed by atoms with Crippen LogP contribution >= 0.6 is 0 Å². The van der Waals surface area contributed by atoms with Crippen molar-refractivity contribution in [2.24, 2.45) is 5.92 Å². The van der Waals surface area contributed by atoms with Crippen LogP contribution in [0.3, 0.4) is 0 Å². The summed E-state index contributed by atoms with van der Waals surface area (Å²) < 4.78 is 5.83. The lowest BCUT2D eigenvalue weighted by Gasteiger charge is -2.28. The standard InChI is InChI=1S/C10H19NO.C2H6/c1-11-6-4-10(5-7-11)12-8-9-2-3-9;1-2/h9-10H,2-8H2,1H3;1-2H3. The molecule has 0 atom stereocenters. The first kappa shape index (κ1) is 12.0. The maximum atomic E-state index is 5.83. The molecule has 2 heteroatoms. The van der Waals surface area contributed by atoms with Gasteiger partial charge in [-0.05, 0) is 38.6 Å². The normalized spacial score (nSPS) is 24.2. The number of likely N-dealkylation sites (tertiary alicyclic amines) is 1. The van der Waals surface area contributed by atoms with Crippen LogP contribution in [-0.4, -0.2) is 37.7 Å². The molecule has 2 rings (SSSR count). The van der Waals surface area contributed by atoms with Crippen molar-refractivity contribution in [3.05, 3.63) is 0 Å². The molecule has 0 amide bonds. The van der Waals surface area contributed by atoms with E-state index in [1.165, 1.54) is 38.8 Å². The van der Waals surface area contributed by atoms with Crippen LogP contribution in [0.5, 0.6) is 0 Å². The van der Waals surface area contributed by atoms with Crippen molar-refractivity contribution in [1.82, 2.24) is 4.90 Å². The second-order valence-corrected chi connectivity index (χ2v) is 4.28. The summed E-state index contributed by atoms with van der Waals surface area (Å²) >= 11 is 0. The van der Waals surface area contributed by atoms with Gasteiger partial charge in [-0.25, -0.2) is 0 Å². The molecule has 2 nitrogen and oxygen atoms in total. The van der Waals surface area contributed by atoms with Gasteiger partial charge in [0.2, 0.25) is 0 Å². The highest BCUT2D eigenvalue weighted by molar-refractivity contribution is 4.75. The molecule has 0 aromatic rings. The van der Waals surface area contributed by atoms with E-state index in [1.807, 2.05) is 13.8 Å². The summed E-state index contributed by atoms with van der Waals surface area (Å²) in [5.41, 5.74) is 0. The molecule has 0 N–H and O–H groups in total. The second kappa shape index (κ2) is 6.41. The van der Waals surface area contributed by atoms with Crippen molar-refractivity contribution in [2.45, 2.75) is 45.6 Å². The van der Waals surface area contributed by atoms with E-state index in [4.69, 9.17) is 4.74 Å². The minimum absolute atomic E-state index is 0.571. The number of hydrogen-bond donors (Lipinski definition) is 0. The Morgan fingerprint density at radius 1 is 1.07 bits per heavy atom. The fourth-order valence-electron chi connectivity index (χ4n) is 1.71. The Morgan fingerprint density at radius 3 is 2.14 bits per heavy atom. The topological polar surface area (TPSA) is 12.5 Å². The van der Waals surface area contributed by atoms with Crippen LogP contribution in [0.2, 0.25) is 0 Å². The molecule has 0 unspecified atom stereocenters. The maximum Gasteiger partial charge on any atom is 0.0599 e. The van der Waals surface area contributed by atoms with E-state index in [-0.39, 0.29) is 0 Å². The molecule has 0 radical (unpaired) electrons. The largest absolute Gasteiger partial charge is 0.378 e. The Morgan fingerprint density at radius 2 is 1.64 bits per heavy atom. The predicted octanol–water partition coefficient (Wildman–Crippen LogP) is 2.53. The SMILES string of the molecule is CC.CN1CCC(OCC2CC2)CC1. The maximum absolute atomic E-state index is 5.83. The summed E-state index contributed by atoms with van der Waals surface area (Å²) in [6.07, 6.45) is 5.87. The average molecular weight is 199 g/mol. The summed E-state index contributed by atoms with van der Waals surface area (Å²) in [7, 11) is 2.19. The molecule has 0 bridgehead atoms. The van der Waals surface area contributed by atoms with Gasteiger partial charge in [-0.2, -0.15) is 0 Å².